The van der Waals surface area contributed by atoms with Gasteiger partial charge in [0.25, 0.3) is 0 Å². The summed E-state index contributed by atoms with van der Waals surface area (Å²) < 4.78 is 11.0. The molecule has 2 N–H and O–H groups in total. The third-order valence-electron chi connectivity index (χ3n) is 3.37. The maximum absolute atomic E-state index is 5.54. The van der Waals surface area contributed by atoms with Gasteiger partial charge < -0.3 is 19.8 Å². The lowest BCUT2D eigenvalue weighted by atomic mass is 10.2. The SMILES string of the molecule is CCOc1cccc(CNC(=NC)NCc2nc(C)c(C)o2)c1.I. The molecule has 0 amide bonds. The Bertz CT molecular complexity index is 651. The average molecular weight is 444 g/mol. The first-order valence-corrected chi connectivity index (χ1v) is 7.71. The lowest BCUT2D eigenvalue weighted by Crippen LogP contribution is -2.36. The van der Waals surface area contributed by atoms with Gasteiger partial charge in [-0.25, -0.2) is 4.98 Å². The minimum atomic E-state index is 0. The van der Waals surface area contributed by atoms with Crippen molar-refractivity contribution in [3.05, 3.63) is 47.2 Å². The largest absolute Gasteiger partial charge is 0.494 e. The van der Waals surface area contributed by atoms with Crippen molar-refractivity contribution >= 4 is 29.9 Å². The molecule has 2 aromatic rings. The Labute approximate surface area is 160 Å². The van der Waals surface area contributed by atoms with Gasteiger partial charge in [0, 0.05) is 13.6 Å². The Morgan fingerprint density at radius 3 is 2.62 bits per heavy atom. The molecule has 1 aromatic carbocycles. The maximum atomic E-state index is 5.54. The highest BCUT2D eigenvalue weighted by atomic mass is 127. The minimum Gasteiger partial charge on any atom is -0.494 e. The summed E-state index contributed by atoms with van der Waals surface area (Å²) in [7, 11) is 1.73. The van der Waals surface area contributed by atoms with Crippen LogP contribution >= 0.6 is 24.0 Å². The fraction of sp³-hybridized carbons (Fsp3) is 0.412. The zero-order valence-electron chi connectivity index (χ0n) is 14.5. The number of benzene rings is 1. The summed E-state index contributed by atoms with van der Waals surface area (Å²) in [5, 5.41) is 6.45. The molecule has 24 heavy (non-hydrogen) atoms. The average Bonchev–Trinajstić information content (AvgIpc) is 2.87. The van der Waals surface area contributed by atoms with Gasteiger partial charge in [0.15, 0.2) is 5.96 Å². The normalized spacial score (nSPS) is 10.9. The van der Waals surface area contributed by atoms with E-state index < -0.39 is 0 Å². The van der Waals surface area contributed by atoms with Crippen LogP contribution in [0.25, 0.3) is 0 Å². The second kappa shape index (κ2) is 10.2. The summed E-state index contributed by atoms with van der Waals surface area (Å²) >= 11 is 0. The van der Waals surface area contributed by atoms with E-state index in [0.29, 0.717) is 31.5 Å². The molecule has 0 spiro atoms. The predicted octanol–water partition coefficient (Wildman–Crippen LogP) is 3.17. The van der Waals surface area contributed by atoms with Crippen LogP contribution in [0.5, 0.6) is 5.75 Å². The lowest BCUT2D eigenvalue weighted by Gasteiger charge is -2.11. The van der Waals surface area contributed by atoms with E-state index in [1.807, 2.05) is 45.0 Å². The highest BCUT2D eigenvalue weighted by Crippen LogP contribution is 2.13. The van der Waals surface area contributed by atoms with Crippen molar-refractivity contribution in [1.29, 1.82) is 0 Å². The third kappa shape index (κ3) is 6.03. The van der Waals surface area contributed by atoms with Gasteiger partial charge in [0.2, 0.25) is 5.89 Å². The van der Waals surface area contributed by atoms with Crippen molar-refractivity contribution in [2.75, 3.05) is 13.7 Å². The number of oxazole rings is 1. The molecule has 0 bridgehead atoms. The Hall–Kier alpha value is -1.77. The quantitative estimate of drug-likeness (QED) is 0.407. The van der Waals surface area contributed by atoms with Gasteiger partial charge in [-0.3, -0.25) is 4.99 Å². The molecule has 132 valence electrons. The Morgan fingerprint density at radius 1 is 1.25 bits per heavy atom. The number of hydrogen-bond donors (Lipinski definition) is 2. The van der Waals surface area contributed by atoms with Crippen LogP contribution in [0.3, 0.4) is 0 Å². The standard InChI is InChI=1S/C17H24N4O2.HI/c1-5-22-15-8-6-7-14(9-15)10-19-17(18-4)20-11-16-21-12(2)13(3)23-16;/h6-9H,5,10-11H2,1-4H3,(H2,18,19,20);1H. The van der Waals surface area contributed by atoms with Crippen LogP contribution in [0.2, 0.25) is 0 Å². The molecule has 0 atom stereocenters. The molecule has 0 aliphatic rings. The van der Waals surface area contributed by atoms with E-state index in [4.69, 9.17) is 9.15 Å². The molecule has 0 saturated heterocycles. The van der Waals surface area contributed by atoms with Gasteiger partial charge in [-0.15, -0.1) is 24.0 Å². The first-order valence-electron chi connectivity index (χ1n) is 7.71. The number of nitrogens with zero attached hydrogens (tertiary/aromatic N) is 2. The third-order valence-corrected chi connectivity index (χ3v) is 3.37. The Balaban J connectivity index is 0.00000288. The van der Waals surface area contributed by atoms with Crippen molar-refractivity contribution in [3.8, 4) is 5.75 Å². The molecule has 1 aromatic heterocycles. The van der Waals surface area contributed by atoms with Gasteiger partial charge in [0.05, 0.1) is 18.8 Å². The monoisotopic (exact) mass is 444 g/mol. The summed E-state index contributed by atoms with van der Waals surface area (Å²) in [6, 6.07) is 8.00. The van der Waals surface area contributed by atoms with E-state index in [-0.39, 0.29) is 24.0 Å². The zero-order valence-corrected chi connectivity index (χ0v) is 16.9. The van der Waals surface area contributed by atoms with Crippen molar-refractivity contribution in [1.82, 2.24) is 15.6 Å². The number of halogens is 1. The number of aromatic nitrogens is 1. The van der Waals surface area contributed by atoms with Crippen LogP contribution < -0.4 is 15.4 Å². The fourth-order valence-corrected chi connectivity index (χ4v) is 2.09. The molecule has 6 nitrogen and oxygen atoms in total. The number of ether oxygens (including phenoxy) is 1. The van der Waals surface area contributed by atoms with E-state index >= 15 is 0 Å². The molecule has 0 aliphatic carbocycles. The molecule has 2 rings (SSSR count). The van der Waals surface area contributed by atoms with Crippen LogP contribution in [-0.4, -0.2) is 24.6 Å². The van der Waals surface area contributed by atoms with Crippen molar-refractivity contribution in [3.63, 3.8) is 0 Å². The number of nitrogens with one attached hydrogen (secondary N) is 2. The summed E-state index contributed by atoms with van der Waals surface area (Å²) in [6.07, 6.45) is 0. The van der Waals surface area contributed by atoms with E-state index in [0.717, 1.165) is 22.8 Å². The van der Waals surface area contributed by atoms with Gasteiger partial charge >= 0.3 is 0 Å². The maximum Gasteiger partial charge on any atom is 0.214 e. The van der Waals surface area contributed by atoms with Crippen LogP contribution in [0.15, 0.2) is 33.7 Å². The Kier molecular flexibility index (Phi) is 8.59. The molecular weight excluding hydrogens is 419 g/mol. The molecule has 0 radical (unpaired) electrons. The number of hydrogen-bond acceptors (Lipinski definition) is 4. The Morgan fingerprint density at radius 2 is 2.00 bits per heavy atom. The summed E-state index contributed by atoms with van der Waals surface area (Å²) in [5.41, 5.74) is 2.04. The van der Waals surface area contributed by atoms with Gasteiger partial charge in [-0.1, -0.05) is 12.1 Å². The zero-order chi connectivity index (χ0) is 16.7. The van der Waals surface area contributed by atoms with Crippen molar-refractivity contribution in [2.24, 2.45) is 4.99 Å². The summed E-state index contributed by atoms with van der Waals surface area (Å²) in [5.74, 6) is 3.07. The second-order valence-electron chi connectivity index (χ2n) is 5.11. The smallest absolute Gasteiger partial charge is 0.214 e. The first-order chi connectivity index (χ1) is 11.1. The minimum absolute atomic E-state index is 0. The summed E-state index contributed by atoms with van der Waals surface area (Å²) in [4.78, 5) is 8.54. The molecule has 0 aliphatic heterocycles. The number of guanidine groups is 1. The van der Waals surface area contributed by atoms with E-state index in [1.54, 1.807) is 7.05 Å². The van der Waals surface area contributed by atoms with Crippen LogP contribution in [0.4, 0.5) is 0 Å². The predicted molar refractivity (Wildman–Crippen MR) is 106 cm³/mol. The van der Waals surface area contributed by atoms with Gasteiger partial charge in [-0.2, -0.15) is 0 Å². The first kappa shape index (κ1) is 20.3. The molecule has 1 heterocycles. The molecule has 0 fully saturated rings. The molecule has 0 saturated carbocycles. The molecule has 0 unspecified atom stereocenters. The number of aliphatic imine (C=N–C) groups is 1. The van der Waals surface area contributed by atoms with Crippen LogP contribution in [0, 0.1) is 13.8 Å². The summed E-state index contributed by atoms with van der Waals surface area (Å²) in [6.45, 7) is 7.63. The van der Waals surface area contributed by atoms with E-state index in [1.165, 1.54) is 0 Å². The van der Waals surface area contributed by atoms with Crippen molar-refractivity contribution in [2.45, 2.75) is 33.9 Å². The fourth-order valence-electron chi connectivity index (χ4n) is 2.09. The topological polar surface area (TPSA) is 71.7 Å². The van der Waals surface area contributed by atoms with E-state index in [9.17, 15) is 0 Å². The van der Waals surface area contributed by atoms with Crippen molar-refractivity contribution < 1.29 is 9.15 Å². The van der Waals surface area contributed by atoms with Gasteiger partial charge in [-0.05, 0) is 38.5 Å². The highest BCUT2D eigenvalue weighted by Gasteiger charge is 2.06. The van der Waals surface area contributed by atoms with Crippen LogP contribution in [-0.2, 0) is 13.1 Å². The molecular formula is C17H25IN4O2. The van der Waals surface area contributed by atoms with Gasteiger partial charge in [0.1, 0.15) is 11.5 Å². The van der Waals surface area contributed by atoms with E-state index in [2.05, 4.69) is 20.6 Å². The molecule has 7 heteroatoms. The number of rotatable bonds is 6. The second-order valence-corrected chi connectivity index (χ2v) is 5.11. The number of aryl methyl sites for hydroxylation is 2. The lowest BCUT2D eigenvalue weighted by molar-refractivity contribution is 0.340. The highest BCUT2D eigenvalue weighted by molar-refractivity contribution is 14.0. The van der Waals surface area contributed by atoms with Crippen LogP contribution in [0.1, 0.15) is 29.8 Å².